The van der Waals surface area contributed by atoms with Crippen molar-refractivity contribution >= 4 is 19.7 Å². The van der Waals surface area contributed by atoms with Crippen molar-refractivity contribution in [3.63, 3.8) is 0 Å². The van der Waals surface area contributed by atoms with Crippen molar-refractivity contribution < 1.29 is 37.3 Å². The summed E-state index contributed by atoms with van der Waals surface area (Å²) in [5.41, 5.74) is 0. The van der Waals surface area contributed by atoms with Crippen molar-refractivity contribution in [2.24, 2.45) is 0 Å². The molecule has 392 valence electrons. The van der Waals surface area contributed by atoms with Crippen LogP contribution in [0.4, 0.5) is 0 Å². The number of nitrogens with zero attached hydrogens (tertiary/aromatic N) is 1. The van der Waals surface area contributed by atoms with Crippen LogP contribution in [0.2, 0.25) is 0 Å². The summed E-state index contributed by atoms with van der Waals surface area (Å²) in [5, 5.41) is 3.02. The lowest BCUT2D eigenvalue weighted by Crippen LogP contribution is -2.47. The third-order valence-electron chi connectivity index (χ3n) is 11.6. The number of phosphoric ester groups is 1. The Labute approximate surface area is 418 Å². The molecule has 0 aromatic heterocycles. The second-order valence-corrected chi connectivity index (χ2v) is 20.8. The minimum Gasteiger partial charge on any atom is -0.456 e. The molecular weight excluding hydrogens is 868 g/mol. The van der Waals surface area contributed by atoms with Crippen LogP contribution < -0.4 is 5.32 Å². The van der Waals surface area contributed by atoms with E-state index >= 15 is 0 Å². The molecule has 0 bridgehead atoms. The number of unbranched alkanes of at least 4 members (excludes halogenated alkanes) is 20. The van der Waals surface area contributed by atoms with E-state index in [-0.39, 0.29) is 37.9 Å². The minimum absolute atomic E-state index is 0.0287. The molecule has 0 aromatic rings. The lowest BCUT2D eigenvalue weighted by molar-refractivity contribution is -0.870. The smallest absolute Gasteiger partial charge is 0.456 e. The monoisotopic (exact) mass is 972 g/mol. The molecule has 0 spiro atoms. The third kappa shape index (κ3) is 48.2. The number of hydrogen-bond acceptors (Lipinski definition) is 6. The van der Waals surface area contributed by atoms with Gasteiger partial charge >= 0.3 is 13.8 Å². The molecule has 0 heterocycles. The molecule has 0 fully saturated rings. The molecule has 0 aliphatic carbocycles. The Bertz CT molecular complexity index is 1440. The first-order valence-electron chi connectivity index (χ1n) is 27.4. The van der Waals surface area contributed by atoms with Gasteiger partial charge in [-0.15, -0.1) is 0 Å². The van der Waals surface area contributed by atoms with Gasteiger partial charge in [-0.1, -0.05) is 196 Å². The molecule has 68 heavy (non-hydrogen) atoms. The number of hydrogen-bond donors (Lipinski definition) is 2. The average molecular weight is 972 g/mol. The van der Waals surface area contributed by atoms with Gasteiger partial charge in [-0.2, -0.15) is 0 Å². The van der Waals surface area contributed by atoms with Gasteiger partial charge in [-0.25, -0.2) is 4.57 Å². The summed E-state index contributed by atoms with van der Waals surface area (Å²) in [7, 11) is 1.46. The maximum absolute atomic E-state index is 13.5. The van der Waals surface area contributed by atoms with Crippen LogP contribution in [-0.2, 0) is 27.9 Å². The van der Waals surface area contributed by atoms with E-state index in [4.69, 9.17) is 13.8 Å². The molecular formula is C58H104N2O7P+. The van der Waals surface area contributed by atoms with Gasteiger partial charge in [0, 0.05) is 12.8 Å². The number of amides is 1. The molecule has 0 aromatic carbocycles. The third-order valence-corrected chi connectivity index (χ3v) is 12.6. The lowest BCUT2D eigenvalue weighted by atomic mass is 10.0. The molecule has 0 radical (unpaired) electrons. The zero-order valence-electron chi connectivity index (χ0n) is 44.6. The second kappa shape index (κ2) is 47.8. The van der Waals surface area contributed by atoms with Crippen molar-refractivity contribution in [3.05, 3.63) is 85.1 Å². The van der Waals surface area contributed by atoms with E-state index in [2.05, 4.69) is 99.0 Å². The number of carbonyl (C=O) groups excluding carboxylic acids is 2. The van der Waals surface area contributed by atoms with Gasteiger partial charge in [-0.3, -0.25) is 18.6 Å². The van der Waals surface area contributed by atoms with Crippen LogP contribution in [0.1, 0.15) is 220 Å². The standard InChI is InChI=1S/C58H103N2O7P/c1-7-10-13-16-19-22-25-28-30-31-32-35-38-41-44-47-50-57(61)59-55(54-66-68(63,64)65-53-52-60(4,5)6)56(49-46-43-40-37-34-27-24-21-18-15-12-9-3)67-58(62)51-48-45-42-39-36-33-29-26-23-20-17-14-11-8-2/h10-11,13-14,19-20,22-23,28,30,32,35,46,49,55-56H,7-9,12,15-18,21,24-27,29,31,33-34,36-45,47-48,50-54H2,1-6H3,(H-,59,61,63,64)/p+1/b13-10+,14-11+,22-19+,23-20+,30-28+,35-32+,49-46+. The molecule has 0 saturated carbocycles. The maximum atomic E-state index is 13.5. The predicted octanol–water partition coefficient (Wildman–Crippen LogP) is 16.3. The zero-order valence-corrected chi connectivity index (χ0v) is 45.5. The molecule has 0 aliphatic rings. The van der Waals surface area contributed by atoms with Crippen LogP contribution in [0.5, 0.6) is 0 Å². The average Bonchev–Trinajstić information content (AvgIpc) is 3.29. The van der Waals surface area contributed by atoms with Gasteiger partial charge in [0.2, 0.25) is 5.91 Å². The number of carbonyl (C=O) groups is 2. The van der Waals surface area contributed by atoms with Gasteiger partial charge in [0.1, 0.15) is 19.3 Å². The highest BCUT2D eigenvalue weighted by atomic mass is 31.2. The van der Waals surface area contributed by atoms with Gasteiger partial charge in [-0.05, 0) is 96.0 Å². The summed E-state index contributed by atoms with van der Waals surface area (Å²) in [6.07, 6.45) is 61.5. The highest BCUT2D eigenvalue weighted by Gasteiger charge is 2.30. The summed E-state index contributed by atoms with van der Waals surface area (Å²) in [6, 6.07) is -0.870. The highest BCUT2D eigenvalue weighted by Crippen LogP contribution is 2.43. The van der Waals surface area contributed by atoms with Gasteiger partial charge in [0.25, 0.3) is 0 Å². The van der Waals surface area contributed by atoms with Gasteiger partial charge in [0.15, 0.2) is 0 Å². The van der Waals surface area contributed by atoms with E-state index < -0.39 is 20.0 Å². The molecule has 9 nitrogen and oxygen atoms in total. The Morgan fingerprint density at radius 2 is 0.941 bits per heavy atom. The lowest BCUT2D eigenvalue weighted by Gasteiger charge is -2.27. The minimum atomic E-state index is -4.46. The van der Waals surface area contributed by atoms with Crippen LogP contribution in [0, 0.1) is 0 Å². The Morgan fingerprint density at radius 1 is 0.529 bits per heavy atom. The Kier molecular flexibility index (Phi) is 45.9. The number of likely N-dealkylation sites (N-methyl/N-ethyl adjacent to an activating group) is 1. The molecule has 0 saturated heterocycles. The van der Waals surface area contributed by atoms with E-state index in [1.807, 2.05) is 33.3 Å². The summed E-state index contributed by atoms with van der Waals surface area (Å²) in [4.78, 5) is 37.5. The molecule has 10 heteroatoms. The van der Waals surface area contributed by atoms with Crippen LogP contribution >= 0.6 is 7.82 Å². The Hall–Kier alpha value is -2.81. The maximum Gasteiger partial charge on any atom is 0.472 e. The zero-order chi connectivity index (χ0) is 50.1. The number of quaternary nitrogens is 1. The first kappa shape index (κ1) is 65.2. The molecule has 3 unspecified atom stereocenters. The summed E-state index contributed by atoms with van der Waals surface area (Å²) in [6.45, 7) is 6.74. The SMILES string of the molecule is CC/C=C/C/C=C/C/C=C/C/C=C/CCCCCC(=O)NC(COP(=O)(O)OCC[N+](C)(C)C)C(/C=C/CCCCCCCCCCCC)OC(=O)CCCCCCCCC/C=C/C/C=C/CC. The number of ether oxygens (including phenoxy) is 1. The highest BCUT2D eigenvalue weighted by molar-refractivity contribution is 7.47. The number of nitrogens with one attached hydrogen (secondary N) is 1. The van der Waals surface area contributed by atoms with Crippen LogP contribution in [0.3, 0.4) is 0 Å². The van der Waals surface area contributed by atoms with E-state index in [0.29, 0.717) is 17.4 Å². The second-order valence-electron chi connectivity index (χ2n) is 19.3. The number of rotatable bonds is 48. The van der Waals surface area contributed by atoms with Gasteiger partial charge in [0.05, 0.1) is 33.8 Å². The van der Waals surface area contributed by atoms with Crippen molar-refractivity contribution in [1.29, 1.82) is 0 Å². The number of esters is 1. The van der Waals surface area contributed by atoms with Crippen LogP contribution in [0.15, 0.2) is 85.1 Å². The fraction of sp³-hybridized carbons (Fsp3) is 0.724. The fourth-order valence-electron chi connectivity index (χ4n) is 7.38. The fourth-order valence-corrected chi connectivity index (χ4v) is 8.11. The normalized spacial score (nSPS) is 14.5. The quantitative estimate of drug-likeness (QED) is 0.0205. The molecule has 2 N–H and O–H groups in total. The number of phosphoric acid groups is 1. The number of allylic oxidation sites excluding steroid dienone is 13. The van der Waals surface area contributed by atoms with Crippen molar-refractivity contribution in [1.82, 2.24) is 5.32 Å². The Balaban J connectivity index is 5.46. The van der Waals surface area contributed by atoms with Crippen molar-refractivity contribution in [2.75, 3.05) is 40.9 Å². The topological polar surface area (TPSA) is 111 Å². The summed E-state index contributed by atoms with van der Waals surface area (Å²) in [5.74, 6) is -0.557. The molecule has 0 rings (SSSR count). The molecule has 3 atom stereocenters. The largest absolute Gasteiger partial charge is 0.472 e. The van der Waals surface area contributed by atoms with Crippen LogP contribution in [-0.4, -0.2) is 74.3 Å². The predicted molar refractivity (Wildman–Crippen MR) is 291 cm³/mol. The Morgan fingerprint density at radius 3 is 1.43 bits per heavy atom. The van der Waals surface area contributed by atoms with E-state index in [1.165, 1.54) is 70.6 Å². The van der Waals surface area contributed by atoms with E-state index in [9.17, 15) is 19.0 Å². The first-order valence-corrected chi connectivity index (χ1v) is 28.9. The van der Waals surface area contributed by atoms with Crippen molar-refractivity contribution in [2.45, 2.75) is 232 Å². The van der Waals surface area contributed by atoms with Crippen LogP contribution in [0.25, 0.3) is 0 Å². The summed E-state index contributed by atoms with van der Waals surface area (Å²) >= 11 is 0. The van der Waals surface area contributed by atoms with Crippen molar-refractivity contribution in [3.8, 4) is 0 Å². The van der Waals surface area contributed by atoms with E-state index in [0.717, 1.165) is 109 Å². The molecule has 1 amide bonds. The summed E-state index contributed by atoms with van der Waals surface area (Å²) < 4.78 is 30.5. The molecule has 0 aliphatic heterocycles. The first-order chi connectivity index (χ1) is 32.9. The van der Waals surface area contributed by atoms with Gasteiger partial charge < -0.3 is 19.4 Å². The van der Waals surface area contributed by atoms with E-state index in [1.54, 1.807) is 0 Å².